The molecule has 1 rings (SSSR count). The van der Waals surface area contributed by atoms with Crippen LogP contribution in [0.15, 0.2) is 36.4 Å². The lowest BCUT2D eigenvalue weighted by Crippen LogP contribution is -2.06. The molecule has 1 aromatic carbocycles. The molecule has 0 spiro atoms. The molecule has 0 amide bonds. The number of hydrogen-bond acceptors (Lipinski definition) is 4. The van der Waals surface area contributed by atoms with E-state index in [1.807, 2.05) is 0 Å². The number of halogens is 1. The third kappa shape index (κ3) is 5.17. The van der Waals surface area contributed by atoms with Crippen LogP contribution in [0.5, 0.6) is 5.75 Å². The maximum absolute atomic E-state index is 11.3. The second kappa shape index (κ2) is 6.70. The molecule has 0 unspecified atom stereocenters. The molecule has 0 heterocycles. The Kier molecular flexibility index (Phi) is 5.23. The zero-order valence-electron chi connectivity index (χ0n) is 9.18. The van der Waals surface area contributed by atoms with E-state index < -0.39 is 11.9 Å². The van der Waals surface area contributed by atoms with Gasteiger partial charge in [0.2, 0.25) is 0 Å². The molecule has 1 aromatic rings. The Morgan fingerprint density at radius 2 is 1.76 bits per heavy atom. The number of hydrogen-bond donors (Lipinski definition) is 0. The summed E-state index contributed by atoms with van der Waals surface area (Å²) in [5, 5.41) is 0.548. The summed E-state index contributed by atoms with van der Waals surface area (Å²) in [6.07, 6.45) is 2.02. The first-order valence-electron chi connectivity index (χ1n) is 4.94. The molecule has 5 heteroatoms. The first-order valence-corrected chi connectivity index (χ1v) is 5.32. The summed E-state index contributed by atoms with van der Waals surface area (Å²) in [7, 11) is 0. The van der Waals surface area contributed by atoms with E-state index >= 15 is 0 Å². The van der Waals surface area contributed by atoms with E-state index in [-0.39, 0.29) is 6.61 Å². The van der Waals surface area contributed by atoms with Crippen LogP contribution < -0.4 is 4.74 Å². The lowest BCUT2D eigenvalue weighted by atomic mass is 10.3. The topological polar surface area (TPSA) is 52.6 Å². The number of carbonyl (C=O) groups is 2. The van der Waals surface area contributed by atoms with E-state index in [2.05, 4.69) is 4.74 Å². The van der Waals surface area contributed by atoms with Crippen molar-refractivity contribution in [3.63, 3.8) is 0 Å². The summed E-state index contributed by atoms with van der Waals surface area (Å²) in [5.41, 5.74) is 0. The molecule has 0 aromatic heterocycles. The quantitative estimate of drug-likeness (QED) is 0.470. The summed E-state index contributed by atoms with van der Waals surface area (Å²) in [6.45, 7) is 1.94. The first-order chi connectivity index (χ1) is 8.11. The Balaban J connectivity index is 2.49. The molecule has 0 atom stereocenters. The molecule has 17 heavy (non-hydrogen) atoms. The molecule has 0 fully saturated rings. The van der Waals surface area contributed by atoms with Crippen molar-refractivity contribution in [2.24, 2.45) is 0 Å². The molecule has 0 aliphatic heterocycles. The number of ether oxygens (including phenoxy) is 2. The van der Waals surface area contributed by atoms with Crippen LogP contribution in [0, 0.1) is 0 Å². The standard InChI is InChI=1S/C12H11ClO4/c1-2-16-11(14)7-8-12(15)17-10-5-3-9(13)4-6-10/h3-8H,2H2,1H3/b8-7+. The van der Waals surface area contributed by atoms with Crippen molar-refractivity contribution in [1.29, 1.82) is 0 Å². The second-order valence-corrected chi connectivity index (χ2v) is 3.40. The number of benzene rings is 1. The fourth-order valence-corrected chi connectivity index (χ4v) is 1.11. The van der Waals surface area contributed by atoms with E-state index in [1.165, 1.54) is 0 Å². The average Bonchev–Trinajstić information content (AvgIpc) is 2.30. The molecule has 4 nitrogen and oxygen atoms in total. The molecular formula is C12H11ClO4. The predicted molar refractivity (Wildman–Crippen MR) is 62.9 cm³/mol. The van der Waals surface area contributed by atoms with Crippen molar-refractivity contribution in [2.75, 3.05) is 6.61 Å². The monoisotopic (exact) mass is 254 g/mol. The molecule has 0 radical (unpaired) electrons. The molecule has 90 valence electrons. The Morgan fingerprint density at radius 1 is 1.18 bits per heavy atom. The van der Waals surface area contributed by atoms with Crippen molar-refractivity contribution in [1.82, 2.24) is 0 Å². The van der Waals surface area contributed by atoms with Crippen molar-refractivity contribution in [2.45, 2.75) is 6.92 Å². The SMILES string of the molecule is CCOC(=O)/C=C/C(=O)Oc1ccc(Cl)cc1. The Morgan fingerprint density at radius 3 is 2.35 bits per heavy atom. The highest BCUT2D eigenvalue weighted by Crippen LogP contribution is 2.15. The predicted octanol–water partition coefficient (Wildman–Crippen LogP) is 2.36. The summed E-state index contributed by atoms with van der Waals surface area (Å²) in [5.74, 6) is -0.881. The van der Waals surface area contributed by atoms with Gasteiger partial charge in [0, 0.05) is 17.2 Å². The number of rotatable bonds is 4. The van der Waals surface area contributed by atoms with E-state index in [0.29, 0.717) is 10.8 Å². The van der Waals surface area contributed by atoms with E-state index in [9.17, 15) is 9.59 Å². The Bertz CT molecular complexity index is 423. The van der Waals surface area contributed by atoms with Crippen molar-refractivity contribution in [3.8, 4) is 5.75 Å². The zero-order valence-corrected chi connectivity index (χ0v) is 9.94. The van der Waals surface area contributed by atoms with Crippen molar-refractivity contribution in [3.05, 3.63) is 41.4 Å². The highest BCUT2D eigenvalue weighted by Gasteiger charge is 2.02. The van der Waals surface area contributed by atoms with Crippen LogP contribution in [0.25, 0.3) is 0 Å². The van der Waals surface area contributed by atoms with Gasteiger partial charge in [-0.05, 0) is 31.2 Å². The third-order valence-corrected chi connectivity index (χ3v) is 1.93. The molecule has 0 aliphatic carbocycles. The van der Waals surface area contributed by atoms with Gasteiger partial charge in [0.15, 0.2) is 0 Å². The third-order valence-electron chi connectivity index (χ3n) is 1.67. The molecule has 0 saturated heterocycles. The first kappa shape index (κ1) is 13.3. The van der Waals surface area contributed by atoms with Gasteiger partial charge >= 0.3 is 11.9 Å². The van der Waals surface area contributed by atoms with E-state index in [0.717, 1.165) is 12.2 Å². The maximum atomic E-state index is 11.3. The molecule has 0 saturated carbocycles. The number of esters is 2. The van der Waals surface area contributed by atoms with Crippen LogP contribution in [0.2, 0.25) is 5.02 Å². The highest BCUT2D eigenvalue weighted by molar-refractivity contribution is 6.30. The summed E-state index contributed by atoms with van der Waals surface area (Å²) in [4.78, 5) is 22.2. The van der Waals surface area contributed by atoms with Gasteiger partial charge in [0.1, 0.15) is 5.75 Å². The summed E-state index contributed by atoms with van der Waals surface area (Å²) >= 11 is 5.67. The minimum absolute atomic E-state index is 0.259. The fraction of sp³-hybridized carbons (Fsp3) is 0.167. The smallest absolute Gasteiger partial charge is 0.336 e. The molecule has 0 N–H and O–H groups in total. The van der Waals surface area contributed by atoms with Crippen LogP contribution in [0.1, 0.15) is 6.92 Å². The van der Waals surface area contributed by atoms with Gasteiger partial charge in [-0.2, -0.15) is 0 Å². The molecule has 0 bridgehead atoms. The minimum atomic E-state index is -0.652. The van der Waals surface area contributed by atoms with Gasteiger partial charge < -0.3 is 9.47 Å². The molecule has 0 aliphatic rings. The highest BCUT2D eigenvalue weighted by atomic mass is 35.5. The molecular weight excluding hydrogens is 244 g/mol. The van der Waals surface area contributed by atoms with Gasteiger partial charge in [-0.15, -0.1) is 0 Å². The normalized spacial score (nSPS) is 10.2. The largest absolute Gasteiger partial charge is 0.463 e. The van der Waals surface area contributed by atoms with Crippen LogP contribution in [0.4, 0.5) is 0 Å². The lowest BCUT2D eigenvalue weighted by Gasteiger charge is -2.00. The van der Waals surface area contributed by atoms with Crippen LogP contribution in [0.3, 0.4) is 0 Å². The maximum Gasteiger partial charge on any atom is 0.336 e. The van der Waals surface area contributed by atoms with Gasteiger partial charge in [0.25, 0.3) is 0 Å². The van der Waals surface area contributed by atoms with Crippen LogP contribution in [-0.4, -0.2) is 18.5 Å². The van der Waals surface area contributed by atoms with Crippen LogP contribution in [-0.2, 0) is 14.3 Å². The van der Waals surface area contributed by atoms with Gasteiger partial charge in [-0.3, -0.25) is 0 Å². The summed E-state index contributed by atoms with van der Waals surface area (Å²) < 4.78 is 9.51. The Labute approximate surface area is 104 Å². The minimum Gasteiger partial charge on any atom is -0.463 e. The van der Waals surface area contributed by atoms with Crippen molar-refractivity contribution >= 4 is 23.5 Å². The van der Waals surface area contributed by atoms with Gasteiger partial charge in [-0.1, -0.05) is 11.6 Å². The van der Waals surface area contributed by atoms with Crippen molar-refractivity contribution < 1.29 is 19.1 Å². The lowest BCUT2D eigenvalue weighted by molar-refractivity contribution is -0.138. The van der Waals surface area contributed by atoms with Gasteiger partial charge in [0.05, 0.1) is 6.61 Å². The fourth-order valence-electron chi connectivity index (χ4n) is 0.979. The Hall–Kier alpha value is -1.81. The van der Waals surface area contributed by atoms with Crippen LogP contribution >= 0.6 is 11.6 Å². The zero-order chi connectivity index (χ0) is 12.7. The average molecular weight is 255 g/mol. The van der Waals surface area contributed by atoms with Gasteiger partial charge in [-0.25, -0.2) is 9.59 Å². The summed E-state index contributed by atoms with van der Waals surface area (Å²) in [6, 6.07) is 6.30. The second-order valence-electron chi connectivity index (χ2n) is 2.96. The van der Waals surface area contributed by atoms with E-state index in [4.69, 9.17) is 16.3 Å². The number of carbonyl (C=O) groups excluding carboxylic acids is 2. The van der Waals surface area contributed by atoms with E-state index in [1.54, 1.807) is 31.2 Å².